The standard InChI is InChI=1S/C15H25N3OS/c1-11-7-5-6-8-18(11)10-12-9-16-14(20-12)17-13(19)15(2,3)4/h9,11H,5-8,10H2,1-4H3,(H,16,17,19). The molecule has 2 heterocycles. The number of nitrogens with one attached hydrogen (secondary N) is 1. The van der Waals surface area contributed by atoms with Crippen LogP contribution in [0.3, 0.4) is 0 Å². The van der Waals surface area contributed by atoms with Crippen molar-refractivity contribution in [2.24, 2.45) is 5.41 Å². The van der Waals surface area contributed by atoms with E-state index in [1.165, 1.54) is 30.7 Å². The third-order valence-electron chi connectivity index (χ3n) is 3.75. The molecule has 1 N–H and O–H groups in total. The molecule has 1 aliphatic heterocycles. The van der Waals surface area contributed by atoms with Gasteiger partial charge in [0.2, 0.25) is 5.91 Å². The van der Waals surface area contributed by atoms with Crippen LogP contribution < -0.4 is 5.32 Å². The largest absolute Gasteiger partial charge is 0.302 e. The van der Waals surface area contributed by atoms with Crippen LogP contribution in [-0.4, -0.2) is 28.4 Å². The number of nitrogens with zero attached hydrogens (tertiary/aromatic N) is 2. The van der Waals surface area contributed by atoms with E-state index >= 15 is 0 Å². The number of aromatic nitrogens is 1. The van der Waals surface area contributed by atoms with Crippen LogP contribution in [0, 0.1) is 5.41 Å². The third-order valence-corrected chi connectivity index (χ3v) is 4.65. The second-order valence-corrected chi connectivity index (χ2v) is 7.77. The summed E-state index contributed by atoms with van der Waals surface area (Å²) in [6.45, 7) is 10.1. The van der Waals surface area contributed by atoms with Crippen molar-refractivity contribution in [1.29, 1.82) is 0 Å². The highest BCUT2D eigenvalue weighted by molar-refractivity contribution is 7.15. The van der Waals surface area contributed by atoms with E-state index in [1.807, 2.05) is 27.0 Å². The van der Waals surface area contributed by atoms with Crippen LogP contribution in [0.1, 0.15) is 51.8 Å². The molecular formula is C15H25N3OS. The first-order valence-corrected chi connectivity index (χ1v) is 8.18. The molecule has 0 aliphatic carbocycles. The third kappa shape index (κ3) is 4.03. The molecular weight excluding hydrogens is 270 g/mol. The fraction of sp³-hybridized carbons (Fsp3) is 0.733. The predicted octanol–water partition coefficient (Wildman–Crippen LogP) is 3.50. The molecule has 112 valence electrons. The van der Waals surface area contributed by atoms with E-state index in [9.17, 15) is 4.79 Å². The molecule has 0 aromatic carbocycles. The van der Waals surface area contributed by atoms with E-state index in [4.69, 9.17) is 0 Å². The zero-order chi connectivity index (χ0) is 14.8. The molecule has 1 amide bonds. The molecule has 0 spiro atoms. The number of amides is 1. The van der Waals surface area contributed by atoms with Gasteiger partial charge in [0.1, 0.15) is 0 Å². The van der Waals surface area contributed by atoms with Gasteiger partial charge in [-0.15, -0.1) is 11.3 Å². The zero-order valence-corrected chi connectivity index (χ0v) is 13.7. The maximum Gasteiger partial charge on any atom is 0.231 e. The molecule has 1 unspecified atom stereocenters. The van der Waals surface area contributed by atoms with Gasteiger partial charge in [-0.05, 0) is 26.3 Å². The Labute approximate surface area is 125 Å². The fourth-order valence-corrected chi connectivity index (χ4v) is 3.15. The Morgan fingerprint density at radius 3 is 2.90 bits per heavy atom. The molecule has 5 heteroatoms. The lowest BCUT2D eigenvalue weighted by atomic mass is 9.96. The van der Waals surface area contributed by atoms with Gasteiger partial charge in [-0.2, -0.15) is 0 Å². The van der Waals surface area contributed by atoms with Crippen LogP contribution in [0.25, 0.3) is 0 Å². The summed E-state index contributed by atoms with van der Waals surface area (Å²) in [6.07, 6.45) is 5.81. The van der Waals surface area contributed by atoms with Crippen molar-refractivity contribution in [2.45, 2.75) is 59.5 Å². The maximum atomic E-state index is 11.9. The van der Waals surface area contributed by atoms with Crippen molar-refractivity contribution in [2.75, 3.05) is 11.9 Å². The Bertz CT molecular complexity index is 464. The van der Waals surface area contributed by atoms with Crippen molar-refractivity contribution in [3.63, 3.8) is 0 Å². The molecule has 20 heavy (non-hydrogen) atoms. The Balaban J connectivity index is 1.93. The number of rotatable bonds is 3. The van der Waals surface area contributed by atoms with Crippen LogP contribution in [0.5, 0.6) is 0 Å². The number of carbonyl (C=O) groups excluding carboxylic acids is 1. The molecule has 1 atom stereocenters. The Kier molecular flexibility index (Phi) is 4.81. The molecule has 1 aromatic heterocycles. The number of carbonyl (C=O) groups is 1. The van der Waals surface area contributed by atoms with Gasteiger partial charge in [0, 0.05) is 29.1 Å². The molecule has 0 saturated carbocycles. The van der Waals surface area contributed by atoms with Gasteiger partial charge in [0.15, 0.2) is 5.13 Å². The molecule has 1 saturated heterocycles. The van der Waals surface area contributed by atoms with E-state index in [1.54, 1.807) is 11.3 Å². The molecule has 2 rings (SSSR count). The minimum atomic E-state index is -0.382. The SMILES string of the molecule is CC1CCCCN1Cc1cnc(NC(=O)C(C)(C)C)s1. The van der Waals surface area contributed by atoms with Crippen LogP contribution in [0.15, 0.2) is 6.20 Å². The summed E-state index contributed by atoms with van der Waals surface area (Å²) in [7, 11) is 0. The summed E-state index contributed by atoms with van der Waals surface area (Å²) >= 11 is 1.59. The highest BCUT2D eigenvalue weighted by Gasteiger charge is 2.23. The highest BCUT2D eigenvalue weighted by Crippen LogP contribution is 2.25. The van der Waals surface area contributed by atoms with Crippen molar-refractivity contribution >= 4 is 22.4 Å². The van der Waals surface area contributed by atoms with E-state index in [-0.39, 0.29) is 11.3 Å². The number of thiazole rings is 1. The molecule has 0 radical (unpaired) electrons. The maximum absolute atomic E-state index is 11.9. The zero-order valence-electron chi connectivity index (χ0n) is 12.9. The molecule has 1 aromatic rings. The van der Waals surface area contributed by atoms with Gasteiger partial charge in [-0.3, -0.25) is 9.69 Å². The second-order valence-electron chi connectivity index (χ2n) is 6.65. The fourth-order valence-electron chi connectivity index (χ4n) is 2.32. The van der Waals surface area contributed by atoms with Gasteiger partial charge in [0.05, 0.1) is 0 Å². The summed E-state index contributed by atoms with van der Waals surface area (Å²) < 4.78 is 0. The van der Waals surface area contributed by atoms with E-state index in [0.29, 0.717) is 11.2 Å². The minimum Gasteiger partial charge on any atom is -0.302 e. The first-order valence-electron chi connectivity index (χ1n) is 7.36. The van der Waals surface area contributed by atoms with Crippen LogP contribution in [0.2, 0.25) is 0 Å². The van der Waals surface area contributed by atoms with Crippen molar-refractivity contribution < 1.29 is 4.79 Å². The van der Waals surface area contributed by atoms with Gasteiger partial charge in [0.25, 0.3) is 0 Å². The van der Waals surface area contributed by atoms with Gasteiger partial charge < -0.3 is 5.32 Å². The van der Waals surface area contributed by atoms with Gasteiger partial charge in [-0.25, -0.2) is 4.98 Å². The Morgan fingerprint density at radius 1 is 1.50 bits per heavy atom. The normalized spacial score (nSPS) is 20.9. The van der Waals surface area contributed by atoms with Crippen molar-refractivity contribution in [3.05, 3.63) is 11.1 Å². The second kappa shape index (κ2) is 6.22. The molecule has 1 aliphatic rings. The average molecular weight is 295 g/mol. The quantitative estimate of drug-likeness (QED) is 0.928. The summed E-state index contributed by atoms with van der Waals surface area (Å²) in [4.78, 5) is 20.0. The van der Waals surface area contributed by atoms with Crippen molar-refractivity contribution in [3.8, 4) is 0 Å². The molecule has 4 nitrogen and oxygen atoms in total. The summed E-state index contributed by atoms with van der Waals surface area (Å²) in [6, 6.07) is 0.651. The Hall–Kier alpha value is -0.940. The minimum absolute atomic E-state index is 0.0183. The van der Waals surface area contributed by atoms with Crippen LogP contribution in [0.4, 0.5) is 5.13 Å². The topological polar surface area (TPSA) is 45.2 Å². The average Bonchev–Trinajstić information content (AvgIpc) is 2.78. The predicted molar refractivity (Wildman–Crippen MR) is 83.9 cm³/mol. The molecule has 1 fully saturated rings. The lowest BCUT2D eigenvalue weighted by Gasteiger charge is -2.32. The molecule has 0 bridgehead atoms. The number of likely N-dealkylation sites (tertiary alicyclic amines) is 1. The first kappa shape index (κ1) is 15.4. The van der Waals surface area contributed by atoms with Crippen LogP contribution >= 0.6 is 11.3 Å². The van der Waals surface area contributed by atoms with E-state index in [2.05, 4.69) is 22.1 Å². The van der Waals surface area contributed by atoms with Gasteiger partial charge in [-0.1, -0.05) is 27.2 Å². The number of hydrogen-bond donors (Lipinski definition) is 1. The number of hydrogen-bond acceptors (Lipinski definition) is 4. The lowest BCUT2D eigenvalue weighted by Crippen LogP contribution is -2.36. The first-order chi connectivity index (χ1) is 9.36. The monoisotopic (exact) mass is 295 g/mol. The lowest BCUT2D eigenvalue weighted by molar-refractivity contribution is -0.123. The Morgan fingerprint density at radius 2 is 2.25 bits per heavy atom. The van der Waals surface area contributed by atoms with Crippen LogP contribution in [-0.2, 0) is 11.3 Å². The summed E-state index contributed by atoms with van der Waals surface area (Å²) in [5, 5.41) is 3.61. The number of piperidine rings is 1. The number of anilines is 1. The summed E-state index contributed by atoms with van der Waals surface area (Å²) in [5.41, 5.74) is -0.382. The highest BCUT2D eigenvalue weighted by atomic mass is 32.1. The van der Waals surface area contributed by atoms with E-state index in [0.717, 1.165) is 6.54 Å². The smallest absolute Gasteiger partial charge is 0.231 e. The summed E-state index contributed by atoms with van der Waals surface area (Å²) in [5.74, 6) is 0.0183. The van der Waals surface area contributed by atoms with Crippen molar-refractivity contribution in [1.82, 2.24) is 9.88 Å². The van der Waals surface area contributed by atoms with Gasteiger partial charge >= 0.3 is 0 Å². The van der Waals surface area contributed by atoms with E-state index < -0.39 is 0 Å².